The number of sulfonamides is 1. The first kappa shape index (κ1) is 25.3. The second-order valence-corrected chi connectivity index (χ2v) is 9.05. The maximum Gasteiger partial charge on any atom is 0.340 e. The SMILES string of the molecule is CCN(CC)S(=O)(=O)c1ccc(Cl)c(C(=O)OC(C)C(=O)Nc2ccc(C(N)=O)cc2)c1. The number of halogens is 1. The van der Waals surface area contributed by atoms with Gasteiger partial charge < -0.3 is 15.8 Å². The lowest BCUT2D eigenvalue weighted by Gasteiger charge is -2.19. The molecule has 0 heterocycles. The number of hydrogen-bond donors (Lipinski definition) is 2. The van der Waals surface area contributed by atoms with E-state index >= 15 is 0 Å². The second kappa shape index (κ2) is 10.6. The third-order valence-corrected chi connectivity index (χ3v) is 6.97. The minimum atomic E-state index is -3.81. The molecule has 0 radical (unpaired) electrons. The molecule has 2 aromatic rings. The molecule has 0 fully saturated rings. The smallest absolute Gasteiger partial charge is 0.340 e. The van der Waals surface area contributed by atoms with Crippen molar-refractivity contribution >= 4 is 45.1 Å². The Morgan fingerprint density at radius 1 is 1.09 bits per heavy atom. The zero-order valence-corrected chi connectivity index (χ0v) is 19.4. The number of hydrogen-bond acceptors (Lipinski definition) is 6. The van der Waals surface area contributed by atoms with Gasteiger partial charge in [-0.15, -0.1) is 0 Å². The summed E-state index contributed by atoms with van der Waals surface area (Å²) in [6.45, 7) is 5.29. The van der Waals surface area contributed by atoms with Gasteiger partial charge in [0.2, 0.25) is 15.9 Å². The van der Waals surface area contributed by atoms with Crippen molar-refractivity contribution in [3.05, 3.63) is 58.6 Å². The molecule has 172 valence electrons. The largest absolute Gasteiger partial charge is 0.449 e. The summed E-state index contributed by atoms with van der Waals surface area (Å²) in [4.78, 5) is 36.0. The predicted octanol–water partition coefficient (Wildman–Crippen LogP) is 2.65. The Labute approximate surface area is 191 Å². The highest BCUT2D eigenvalue weighted by molar-refractivity contribution is 7.89. The van der Waals surface area contributed by atoms with E-state index in [1.54, 1.807) is 13.8 Å². The number of ether oxygens (including phenoxy) is 1. The van der Waals surface area contributed by atoms with Crippen LogP contribution in [0.25, 0.3) is 0 Å². The second-order valence-electron chi connectivity index (χ2n) is 6.71. The summed E-state index contributed by atoms with van der Waals surface area (Å²) in [5.41, 5.74) is 5.64. The van der Waals surface area contributed by atoms with Crippen LogP contribution in [0.2, 0.25) is 5.02 Å². The van der Waals surface area contributed by atoms with Crippen LogP contribution in [0, 0.1) is 0 Å². The quantitative estimate of drug-likeness (QED) is 0.528. The minimum absolute atomic E-state index is 0.0110. The highest BCUT2D eigenvalue weighted by atomic mass is 35.5. The third kappa shape index (κ3) is 5.84. The molecular weight excluding hydrogens is 458 g/mol. The molecule has 1 unspecified atom stereocenters. The fourth-order valence-electron chi connectivity index (χ4n) is 2.77. The maximum absolute atomic E-state index is 12.7. The first-order chi connectivity index (χ1) is 15.0. The van der Waals surface area contributed by atoms with Gasteiger partial charge in [-0.1, -0.05) is 25.4 Å². The number of carbonyl (C=O) groups excluding carboxylic acids is 3. The van der Waals surface area contributed by atoms with E-state index in [1.807, 2.05) is 0 Å². The zero-order valence-electron chi connectivity index (χ0n) is 17.8. The lowest BCUT2D eigenvalue weighted by molar-refractivity contribution is -0.123. The average Bonchev–Trinajstić information content (AvgIpc) is 2.74. The monoisotopic (exact) mass is 481 g/mol. The van der Waals surface area contributed by atoms with Crippen molar-refractivity contribution in [3.63, 3.8) is 0 Å². The number of amides is 2. The summed E-state index contributed by atoms with van der Waals surface area (Å²) in [7, 11) is -3.81. The van der Waals surface area contributed by atoms with Gasteiger partial charge in [-0.2, -0.15) is 4.31 Å². The average molecular weight is 482 g/mol. The molecule has 0 aliphatic heterocycles. The minimum Gasteiger partial charge on any atom is -0.449 e. The van der Waals surface area contributed by atoms with Crippen molar-refractivity contribution < 1.29 is 27.5 Å². The van der Waals surface area contributed by atoms with Gasteiger partial charge in [0.15, 0.2) is 6.10 Å². The number of anilines is 1. The molecular formula is C21H24ClN3O6S. The number of benzene rings is 2. The molecule has 1 atom stereocenters. The molecule has 2 aromatic carbocycles. The molecule has 0 saturated heterocycles. The molecule has 0 aliphatic carbocycles. The molecule has 0 bridgehead atoms. The summed E-state index contributed by atoms with van der Waals surface area (Å²) in [6.07, 6.45) is -1.21. The summed E-state index contributed by atoms with van der Waals surface area (Å²) in [6, 6.07) is 9.56. The van der Waals surface area contributed by atoms with E-state index in [0.717, 1.165) is 6.07 Å². The van der Waals surface area contributed by atoms with E-state index in [-0.39, 0.29) is 34.1 Å². The van der Waals surface area contributed by atoms with Crippen molar-refractivity contribution in [2.24, 2.45) is 5.73 Å². The first-order valence-corrected chi connectivity index (χ1v) is 11.5. The Morgan fingerprint density at radius 3 is 2.22 bits per heavy atom. The first-order valence-electron chi connectivity index (χ1n) is 9.72. The van der Waals surface area contributed by atoms with E-state index in [1.165, 1.54) is 47.6 Å². The predicted molar refractivity (Wildman–Crippen MR) is 120 cm³/mol. The molecule has 11 heteroatoms. The van der Waals surface area contributed by atoms with Crippen LogP contribution in [0.5, 0.6) is 0 Å². The molecule has 32 heavy (non-hydrogen) atoms. The lowest BCUT2D eigenvalue weighted by Crippen LogP contribution is -2.31. The van der Waals surface area contributed by atoms with Gasteiger partial charge in [-0.05, 0) is 49.4 Å². The molecule has 2 amide bonds. The third-order valence-electron chi connectivity index (χ3n) is 4.59. The Kier molecular flexibility index (Phi) is 8.37. The van der Waals surface area contributed by atoms with Crippen LogP contribution in [0.3, 0.4) is 0 Å². The van der Waals surface area contributed by atoms with E-state index in [2.05, 4.69) is 5.32 Å². The Bertz CT molecular complexity index is 1110. The van der Waals surface area contributed by atoms with E-state index < -0.39 is 33.9 Å². The van der Waals surface area contributed by atoms with E-state index in [4.69, 9.17) is 22.1 Å². The van der Waals surface area contributed by atoms with Crippen molar-refractivity contribution in [3.8, 4) is 0 Å². The lowest BCUT2D eigenvalue weighted by atomic mass is 10.2. The van der Waals surface area contributed by atoms with Gasteiger partial charge in [0.1, 0.15) is 0 Å². The molecule has 3 N–H and O–H groups in total. The van der Waals surface area contributed by atoms with Crippen LogP contribution < -0.4 is 11.1 Å². The Morgan fingerprint density at radius 2 is 1.69 bits per heavy atom. The fourth-order valence-corrected chi connectivity index (χ4v) is 4.45. The van der Waals surface area contributed by atoms with Crippen LogP contribution in [-0.2, 0) is 19.6 Å². The van der Waals surface area contributed by atoms with Crippen molar-refractivity contribution in [2.75, 3.05) is 18.4 Å². The highest BCUT2D eigenvalue weighted by Gasteiger charge is 2.26. The number of nitrogens with one attached hydrogen (secondary N) is 1. The number of carbonyl (C=O) groups is 3. The summed E-state index contributed by atoms with van der Waals surface area (Å²) < 4.78 is 31.9. The summed E-state index contributed by atoms with van der Waals surface area (Å²) in [5, 5.41) is 2.53. The summed E-state index contributed by atoms with van der Waals surface area (Å²) in [5.74, 6) is -2.18. The van der Waals surface area contributed by atoms with Gasteiger partial charge in [0.25, 0.3) is 5.91 Å². The van der Waals surface area contributed by atoms with Crippen LogP contribution in [0.1, 0.15) is 41.5 Å². The number of esters is 1. The van der Waals surface area contributed by atoms with Crippen LogP contribution in [0.15, 0.2) is 47.4 Å². The highest BCUT2D eigenvalue weighted by Crippen LogP contribution is 2.24. The van der Waals surface area contributed by atoms with Crippen molar-refractivity contribution in [2.45, 2.75) is 31.8 Å². The molecule has 0 spiro atoms. The Balaban J connectivity index is 2.15. The van der Waals surface area contributed by atoms with Gasteiger partial charge in [0.05, 0.1) is 15.5 Å². The molecule has 0 aliphatic rings. The standard InChI is InChI=1S/C21H24ClN3O6S/c1-4-25(5-2)32(29,30)16-10-11-18(22)17(12-16)21(28)31-13(3)20(27)24-15-8-6-14(7-9-15)19(23)26/h6-13H,4-5H2,1-3H3,(H2,23,26)(H,24,27). The molecule has 9 nitrogen and oxygen atoms in total. The topological polar surface area (TPSA) is 136 Å². The number of primary amides is 1. The molecule has 0 saturated carbocycles. The van der Waals surface area contributed by atoms with Crippen molar-refractivity contribution in [1.29, 1.82) is 0 Å². The van der Waals surface area contributed by atoms with Crippen LogP contribution in [0.4, 0.5) is 5.69 Å². The van der Waals surface area contributed by atoms with E-state index in [9.17, 15) is 22.8 Å². The maximum atomic E-state index is 12.7. The normalized spacial score (nSPS) is 12.3. The molecule has 2 rings (SSSR count). The molecule has 0 aromatic heterocycles. The Hall–Kier alpha value is -2.95. The fraction of sp³-hybridized carbons (Fsp3) is 0.286. The van der Waals surface area contributed by atoms with E-state index in [0.29, 0.717) is 5.69 Å². The van der Waals surface area contributed by atoms with Gasteiger partial charge >= 0.3 is 5.97 Å². The number of nitrogens with zero attached hydrogens (tertiary/aromatic N) is 1. The van der Waals surface area contributed by atoms with Gasteiger partial charge in [-0.25, -0.2) is 13.2 Å². The van der Waals surface area contributed by atoms with Crippen LogP contribution in [-0.4, -0.2) is 49.7 Å². The number of rotatable bonds is 9. The summed E-state index contributed by atoms with van der Waals surface area (Å²) >= 11 is 6.07. The van der Waals surface area contributed by atoms with Gasteiger partial charge in [-0.3, -0.25) is 9.59 Å². The van der Waals surface area contributed by atoms with Crippen LogP contribution >= 0.6 is 11.6 Å². The van der Waals surface area contributed by atoms with Gasteiger partial charge in [0, 0.05) is 24.3 Å². The number of nitrogens with two attached hydrogens (primary N) is 1. The zero-order chi connectivity index (χ0) is 24.1. The van der Waals surface area contributed by atoms with Crippen molar-refractivity contribution in [1.82, 2.24) is 4.31 Å².